The van der Waals surface area contributed by atoms with Crippen molar-refractivity contribution in [2.24, 2.45) is 5.92 Å². The highest BCUT2D eigenvalue weighted by Gasteiger charge is 2.14. The Balaban J connectivity index is 2.76. The van der Waals surface area contributed by atoms with Crippen molar-refractivity contribution in [2.75, 3.05) is 12.4 Å². The Hall–Kier alpha value is -1.32. The summed E-state index contributed by atoms with van der Waals surface area (Å²) < 4.78 is 5.14. The fourth-order valence-electron chi connectivity index (χ4n) is 2.03. The van der Waals surface area contributed by atoms with E-state index in [0.717, 1.165) is 18.5 Å². The maximum absolute atomic E-state index is 5.14. The van der Waals surface area contributed by atoms with Crippen molar-refractivity contribution in [2.45, 2.75) is 46.6 Å². The Morgan fingerprint density at radius 1 is 1.29 bits per heavy atom. The van der Waals surface area contributed by atoms with Gasteiger partial charge >= 0.3 is 0 Å². The van der Waals surface area contributed by atoms with Gasteiger partial charge in [0.25, 0.3) is 0 Å². The van der Waals surface area contributed by atoms with Gasteiger partial charge in [-0.3, -0.25) is 0 Å². The van der Waals surface area contributed by atoms with E-state index in [1.165, 1.54) is 0 Å². The maximum Gasteiger partial charge on any atom is 0.226 e. The zero-order valence-corrected chi connectivity index (χ0v) is 11.4. The van der Waals surface area contributed by atoms with Crippen LogP contribution in [0, 0.1) is 12.8 Å². The van der Waals surface area contributed by atoms with Gasteiger partial charge in [-0.2, -0.15) is 4.98 Å². The lowest BCUT2D eigenvalue weighted by molar-refractivity contribution is 0.395. The number of methoxy groups -OCH3 is 1. The van der Waals surface area contributed by atoms with Crippen molar-refractivity contribution in [3.63, 3.8) is 0 Å². The topological polar surface area (TPSA) is 47.0 Å². The fraction of sp³-hybridized carbons (Fsp3) is 0.692. The number of hydrogen-bond acceptors (Lipinski definition) is 4. The summed E-state index contributed by atoms with van der Waals surface area (Å²) in [5.74, 6) is 1.91. The number of anilines is 1. The third-order valence-electron chi connectivity index (χ3n) is 3.15. The van der Waals surface area contributed by atoms with Gasteiger partial charge in [0.1, 0.15) is 0 Å². The number of nitrogens with zero attached hydrogens (tertiary/aromatic N) is 2. The SMILES string of the molecule is CCC(CC)C(C)Nc1nc(C)cc(OC)n1. The van der Waals surface area contributed by atoms with Crippen LogP contribution in [0.4, 0.5) is 5.95 Å². The van der Waals surface area contributed by atoms with Crippen LogP contribution in [0.5, 0.6) is 5.88 Å². The summed E-state index contributed by atoms with van der Waals surface area (Å²) in [6.45, 7) is 8.54. The third kappa shape index (κ3) is 3.88. The van der Waals surface area contributed by atoms with Gasteiger partial charge < -0.3 is 10.1 Å². The van der Waals surface area contributed by atoms with Gasteiger partial charge in [0.05, 0.1) is 7.11 Å². The number of nitrogens with one attached hydrogen (secondary N) is 1. The maximum atomic E-state index is 5.14. The molecule has 1 N–H and O–H groups in total. The Labute approximate surface area is 104 Å². The molecule has 0 spiro atoms. The molecule has 0 aliphatic heterocycles. The Morgan fingerprint density at radius 2 is 1.94 bits per heavy atom. The molecule has 0 radical (unpaired) electrons. The lowest BCUT2D eigenvalue weighted by atomic mass is 9.96. The van der Waals surface area contributed by atoms with Gasteiger partial charge in [-0.25, -0.2) is 4.98 Å². The van der Waals surface area contributed by atoms with E-state index < -0.39 is 0 Å². The second-order valence-electron chi connectivity index (χ2n) is 4.38. The van der Waals surface area contributed by atoms with Gasteiger partial charge in [-0.05, 0) is 19.8 Å². The predicted octanol–water partition coefficient (Wildman–Crippen LogP) is 3.03. The molecule has 1 rings (SSSR count). The molecule has 17 heavy (non-hydrogen) atoms. The lowest BCUT2D eigenvalue weighted by Crippen LogP contribution is -2.26. The molecule has 0 aromatic carbocycles. The smallest absolute Gasteiger partial charge is 0.226 e. The van der Waals surface area contributed by atoms with Crippen LogP contribution in [-0.4, -0.2) is 23.1 Å². The van der Waals surface area contributed by atoms with Gasteiger partial charge in [0, 0.05) is 17.8 Å². The average Bonchev–Trinajstić information content (AvgIpc) is 2.29. The number of ether oxygens (including phenoxy) is 1. The normalized spacial score (nSPS) is 12.6. The summed E-state index contributed by atoms with van der Waals surface area (Å²) in [6.07, 6.45) is 2.32. The first-order chi connectivity index (χ1) is 8.10. The van der Waals surface area contributed by atoms with Crippen molar-refractivity contribution in [3.05, 3.63) is 11.8 Å². The standard InChI is InChI=1S/C13H23N3O/c1-6-11(7-2)10(4)15-13-14-9(3)8-12(16-13)17-5/h8,10-11H,6-7H2,1-5H3,(H,14,15,16). The zero-order valence-electron chi connectivity index (χ0n) is 11.4. The van der Waals surface area contributed by atoms with Gasteiger partial charge in [0.15, 0.2) is 0 Å². The summed E-state index contributed by atoms with van der Waals surface area (Å²) in [6, 6.07) is 2.20. The molecule has 0 saturated heterocycles. The van der Waals surface area contributed by atoms with Crippen LogP contribution >= 0.6 is 0 Å². The van der Waals surface area contributed by atoms with Crippen molar-refractivity contribution in [3.8, 4) is 5.88 Å². The van der Waals surface area contributed by atoms with Crippen molar-refractivity contribution in [1.82, 2.24) is 9.97 Å². The molecule has 1 unspecified atom stereocenters. The largest absolute Gasteiger partial charge is 0.481 e. The fourth-order valence-corrected chi connectivity index (χ4v) is 2.03. The van der Waals surface area contributed by atoms with Crippen molar-refractivity contribution in [1.29, 1.82) is 0 Å². The van der Waals surface area contributed by atoms with Crippen LogP contribution in [0.3, 0.4) is 0 Å². The van der Waals surface area contributed by atoms with Gasteiger partial charge in [0.2, 0.25) is 11.8 Å². The first-order valence-corrected chi connectivity index (χ1v) is 6.26. The van der Waals surface area contributed by atoms with Gasteiger partial charge in [-0.1, -0.05) is 26.7 Å². The number of aromatic nitrogens is 2. The van der Waals surface area contributed by atoms with E-state index in [9.17, 15) is 0 Å². The summed E-state index contributed by atoms with van der Waals surface area (Å²) in [7, 11) is 1.62. The molecule has 0 aliphatic rings. The monoisotopic (exact) mass is 237 g/mol. The van der Waals surface area contributed by atoms with Crippen LogP contribution in [-0.2, 0) is 0 Å². The minimum Gasteiger partial charge on any atom is -0.481 e. The van der Waals surface area contributed by atoms with E-state index in [0.29, 0.717) is 23.8 Å². The molecule has 1 heterocycles. The summed E-state index contributed by atoms with van der Waals surface area (Å²) in [5, 5.41) is 3.36. The second-order valence-corrected chi connectivity index (χ2v) is 4.38. The number of aryl methyl sites for hydroxylation is 1. The van der Waals surface area contributed by atoms with Crippen molar-refractivity contribution < 1.29 is 4.74 Å². The molecule has 0 saturated carbocycles. The molecular weight excluding hydrogens is 214 g/mol. The molecule has 0 bridgehead atoms. The van der Waals surface area contributed by atoms with Crippen LogP contribution in [0.25, 0.3) is 0 Å². The van der Waals surface area contributed by atoms with Crippen LogP contribution in [0.15, 0.2) is 6.07 Å². The van der Waals surface area contributed by atoms with E-state index in [2.05, 4.69) is 36.1 Å². The molecule has 1 atom stereocenters. The van der Waals surface area contributed by atoms with Crippen LogP contribution < -0.4 is 10.1 Å². The molecule has 0 fully saturated rings. The Kier molecular flexibility index (Phi) is 5.19. The minimum atomic E-state index is 0.372. The zero-order chi connectivity index (χ0) is 12.8. The minimum absolute atomic E-state index is 0.372. The second kappa shape index (κ2) is 6.42. The van der Waals surface area contributed by atoms with Crippen LogP contribution in [0.1, 0.15) is 39.3 Å². The first kappa shape index (κ1) is 13.7. The Morgan fingerprint density at radius 3 is 2.47 bits per heavy atom. The molecule has 96 valence electrons. The third-order valence-corrected chi connectivity index (χ3v) is 3.15. The highest BCUT2D eigenvalue weighted by atomic mass is 16.5. The molecule has 4 nitrogen and oxygen atoms in total. The Bertz CT molecular complexity index is 351. The lowest BCUT2D eigenvalue weighted by Gasteiger charge is -2.22. The molecule has 0 aliphatic carbocycles. The van der Waals surface area contributed by atoms with Crippen LogP contribution in [0.2, 0.25) is 0 Å². The summed E-state index contributed by atoms with van der Waals surface area (Å²) >= 11 is 0. The average molecular weight is 237 g/mol. The number of rotatable bonds is 6. The number of hydrogen-bond donors (Lipinski definition) is 1. The predicted molar refractivity (Wildman–Crippen MR) is 70.5 cm³/mol. The van der Waals surface area contributed by atoms with Gasteiger partial charge in [-0.15, -0.1) is 0 Å². The van der Waals surface area contributed by atoms with E-state index in [4.69, 9.17) is 4.74 Å². The summed E-state index contributed by atoms with van der Waals surface area (Å²) in [4.78, 5) is 8.67. The van der Waals surface area contributed by atoms with E-state index >= 15 is 0 Å². The molecule has 1 aromatic rings. The molecule has 1 aromatic heterocycles. The highest BCUT2D eigenvalue weighted by Crippen LogP contribution is 2.18. The van der Waals surface area contributed by atoms with Crippen molar-refractivity contribution >= 4 is 5.95 Å². The quantitative estimate of drug-likeness (QED) is 0.826. The summed E-state index contributed by atoms with van der Waals surface area (Å²) in [5.41, 5.74) is 0.913. The van der Waals surface area contributed by atoms with E-state index in [-0.39, 0.29) is 0 Å². The van der Waals surface area contributed by atoms with E-state index in [1.807, 2.05) is 13.0 Å². The molecule has 4 heteroatoms. The van der Waals surface area contributed by atoms with E-state index in [1.54, 1.807) is 7.11 Å². The molecule has 0 amide bonds. The molecular formula is C13H23N3O. The highest BCUT2D eigenvalue weighted by molar-refractivity contribution is 5.31. The first-order valence-electron chi connectivity index (χ1n) is 6.26.